The van der Waals surface area contributed by atoms with E-state index >= 15 is 0 Å². The lowest BCUT2D eigenvalue weighted by Crippen LogP contribution is -2.59. The van der Waals surface area contributed by atoms with Gasteiger partial charge in [-0.1, -0.05) is 44.2 Å². The molecule has 1 heterocycles. The Morgan fingerprint density at radius 1 is 1.13 bits per heavy atom. The normalized spacial score (nSPS) is 17.2. The monoisotopic (exact) mass is 316 g/mol. The van der Waals surface area contributed by atoms with E-state index in [1.165, 1.54) is 0 Å². The van der Waals surface area contributed by atoms with Crippen LogP contribution < -0.4 is 16.1 Å². The van der Waals surface area contributed by atoms with Gasteiger partial charge < -0.3 is 10.6 Å². The third-order valence-corrected chi connectivity index (χ3v) is 3.96. The SMILES string of the molecule is CNCC1(CNC)C=C(c2ccccc2)NN(CC(C)C)C1=O. The molecule has 0 fully saturated rings. The van der Waals surface area contributed by atoms with Gasteiger partial charge in [0.15, 0.2) is 0 Å². The van der Waals surface area contributed by atoms with Crippen LogP contribution in [0.2, 0.25) is 0 Å². The third-order valence-electron chi connectivity index (χ3n) is 3.96. The predicted molar refractivity (Wildman–Crippen MR) is 94.4 cm³/mol. The summed E-state index contributed by atoms with van der Waals surface area (Å²) in [6.07, 6.45) is 2.06. The molecule has 1 aromatic rings. The maximum Gasteiger partial charge on any atom is 0.253 e. The lowest BCUT2D eigenvalue weighted by atomic mass is 9.82. The highest BCUT2D eigenvalue weighted by Gasteiger charge is 2.42. The van der Waals surface area contributed by atoms with Crippen LogP contribution in [-0.4, -0.2) is 44.6 Å². The van der Waals surface area contributed by atoms with E-state index in [-0.39, 0.29) is 5.91 Å². The number of amides is 1. The molecule has 1 aliphatic rings. The molecule has 5 heteroatoms. The summed E-state index contributed by atoms with van der Waals surface area (Å²) < 4.78 is 0. The second-order valence-electron chi connectivity index (χ2n) is 6.56. The minimum atomic E-state index is -0.588. The van der Waals surface area contributed by atoms with E-state index in [0.717, 1.165) is 11.3 Å². The predicted octanol–water partition coefficient (Wildman–Crippen LogP) is 1.46. The zero-order valence-electron chi connectivity index (χ0n) is 14.5. The largest absolute Gasteiger partial charge is 0.318 e. The van der Waals surface area contributed by atoms with Crippen molar-refractivity contribution in [2.75, 3.05) is 33.7 Å². The summed E-state index contributed by atoms with van der Waals surface area (Å²) in [4.78, 5) is 13.1. The van der Waals surface area contributed by atoms with Crippen molar-refractivity contribution >= 4 is 11.6 Å². The van der Waals surface area contributed by atoms with Crippen molar-refractivity contribution in [3.8, 4) is 0 Å². The van der Waals surface area contributed by atoms with Crippen molar-refractivity contribution < 1.29 is 4.79 Å². The Morgan fingerprint density at radius 3 is 2.26 bits per heavy atom. The van der Waals surface area contributed by atoms with Gasteiger partial charge in [-0.3, -0.25) is 15.2 Å². The maximum atomic E-state index is 13.1. The fourth-order valence-electron chi connectivity index (χ4n) is 3.04. The van der Waals surface area contributed by atoms with Crippen LogP contribution in [0.15, 0.2) is 36.4 Å². The number of rotatable bonds is 7. The molecule has 0 aromatic heterocycles. The Bertz CT molecular complexity index is 547. The first-order valence-corrected chi connectivity index (χ1v) is 8.18. The van der Waals surface area contributed by atoms with Crippen molar-refractivity contribution in [2.45, 2.75) is 13.8 Å². The standard InChI is InChI=1S/C18H28N4O/c1-14(2)11-22-17(23)18(12-19-3,13-20-4)10-16(21-22)15-8-6-5-7-9-15/h5-10,14,19-21H,11-13H2,1-4H3. The quantitative estimate of drug-likeness (QED) is 0.713. The number of hydrogen-bond acceptors (Lipinski definition) is 4. The van der Waals surface area contributed by atoms with Crippen LogP contribution in [0.1, 0.15) is 19.4 Å². The number of carbonyl (C=O) groups is 1. The summed E-state index contributed by atoms with van der Waals surface area (Å²) in [5.41, 5.74) is 4.79. The molecule has 0 saturated heterocycles. The van der Waals surface area contributed by atoms with E-state index in [1.54, 1.807) is 5.01 Å². The molecule has 0 bridgehead atoms. The molecule has 23 heavy (non-hydrogen) atoms. The second-order valence-corrected chi connectivity index (χ2v) is 6.56. The summed E-state index contributed by atoms with van der Waals surface area (Å²) >= 11 is 0. The van der Waals surface area contributed by atoms with Crippen LogP contribution in [0.5, 0.6) is 0 Å². The Labute approximate surface area is 139 Å². The minimum Gasteiger partial charge on any atom is -0.318 e. The van der Waals surface area contributed by atoms with Crippen molar-refractivity contribution in [3.05, 3.63) is 42.0 Å². The van der Waals surface area contributed by atoms with Crippen molar-refractivity contribution in [3.63, 3.8) is 0 Å². The Balaban J connectivity index is 2.45. The van der Waals surface area contributed by atoms with Gasteiger partial charge in [-0.15, -0.1) is 0 Å². The molecule has 0 radical (unpaired) electrons. The first-order chi connectivity index (χ1) is 11.0. The van der Waals surface area contributed by atoms with Crippen LogP contribution in [0.25, 0.3) is 5.70 Å². The molecule has 0 saturated carbocycles. The van der Waals surface area contributed by atoms with Crippen LogP contribution in [0.4, 0.5) is 0 Å². The van der Waals surface area contributed by atoms with Gasteiger partial charge in [0.05, 0.1) is 11.1 Å². The van der Waals surface area contributed by atoms with Gasteiger partial charge in [-0.05, 0) is 31.7 Å². The molecule has 1 amide bonds. The van der Waals surface area contributed by atoms with E-state index < -0.39 is 5.41 Å². The van der Waals surface area contributed by atoms with Crippen LogP contribution >= 0.6 is 0 Å². The molecule has 126 valence electrons. The number of nitrogens with one attached hydrogen (secondary N) is 3. The number of benzene rings is 1. The van der Waals surface area contributed by atoms with Gasteiger partial charge >= 0.3 is 0 Å². The Kier molecular flexibility index (Phi) is 5.80. The average molecular weight is 316 g/mol. The van der Waals surface area contributed by atoms with E-state index in [9.17, 15) is 4.79 Å². The molecule has 0 spiro atoms. The van der Waals surface area contributed by atoms with Gasteiger partial charge in [-0.2, -0.15) is 0 Å². The maximum absolute atomic E-state index is 13.1. The van der Waals surface area contributed by atoms with E-state index in [1.807, 2.05) is 32.3 Å². The van der Waals surface area contributed by atoms with E-state index in [4.69, 9.17) is 0 Å². The summed E-state index contributed by atoms with van der Waals surface area (Å²) in [6, 6.07) is 10.1. The fourth-order valence-corrected chi connectivity index (χ4v) is 3.04. The molecule has 0 atom stereocenters. The van der Waals surface area contributed by atoms with Gasteiger partial charge in [0.2, 0.25) is 0 Å². The molecule has 1 aliphatic heterocycles. The number of hydrazine groups is 1. The molecule has 0 aliphatic carbocycles. The van der Waals surface area contributed by atoms with Crippen molar-refractivity contribution in [2.24, 2.45) is 11.3 Å². The highest BCUT2D eigenvalue weighted by atomic mass is 16.2. The molecule has 3 N–H and O–H groups in total. The zero-order chi connectivity index (χ0) is 16.9. The lowest BCUT2D eigenvalue weighted by Gasteiger charge is -2.41. The van der Waals surface area contributed by atoms with Crippen molar-refractivity contribution in [1.82, 2.24) is 21.1 Å². The van der Waals surface area contributed by atoms with Crippen LogP contribution in [-0.2, 0) is 4.79 Å². The molecule has 1 aromatic carbocycles. The van der Waals surface area contributed by atoms with Gasteiger partial charge in [0, 0.05) is 19.6 Å². The van der Waals surface area contributed by atoms with Crippen LogP contribution in [0, 0.1) is 11.3 Å². The number of hydrogen-bond donors (Lipinski definition) is 3. The summed E-state index contributed by atoms with van der Waals surface area (Å²) in [5.74, 6) is 0.498. The second kappa shape index (κ2) is 7.62. The number of carbonyl (C=O) groups excluding carboxylic acids is 1. The molecular weight excluding hydrogens is 288 g/mol. The average Bonchev–Trinajstić information content (AvgIpc) is 2.52. The smallest absolute Gasteiger partial charge is 0.253 e. The minimum absolute atomic E-state index is 0.106. The summed E-state index contributed by atoms with van der Waals surface area (Å²) in [7, 11) is 3.77. The van der Waals surface area contributed by atoms with Crippen molar-refractivity contribution in [1.29, 1.82) is 0 Å². The third kappa shape index (κ3) is 3.92. The van der Waals surface area contributed by atoms with Gasteiger partial charge in [-0.25, -0.2) is 0 Å². The number of nitrogens with zero attached hydrogens (tertiary/aromatic N) is 1. The first-order valence-electron chi connectivity index (χ1n) is 8.18. The zero-order valence-corrected chi connectivity index (χ0v) is 14.5. The highest BCUT2D eigenvalue weighted by Crippen LogP contribution is 2.30. The Hall–Kier alpha value is -1.85. The topological polar surface area (TPSA) is 56.4 Å². The fraction of sp³-hybridized carbons (Fsp3) is 0.500. The summed E-state index contributed by atoms with van der Waals surface area (Å²) in [5, 5.41) is 8.12. The van der Waals surface area contributed by atoms with Crippen LogP contribution in [0.3, 0.4) is 0 Å². The van der Waals surface area contributed by atoms with E-state index in [0.29, 0.717) is 25.6 Å². The Morgan fingerprint density at radius 2 is 1.74 bits per heavy atom. The highest BCUT2D eigenvalue weighted by molar-refractivity contribution is 5.90. The van der Waals surface area contributed by atoms with E-state index in [2.05, 4.69) is 48.1 Å². The lowest BCUT2D eigenvalue weighted by molar-refractivity contribution is -0.143. The molecule has 2 rings (SSSR count). The van der Waals surface area contributed by atoms with Gasteiger partial charge in [0.25, 0.3) is 5.91 Å². The molecule has 0 unspecified atom stereocenters. The first kappa shape index (κ1) is 17.5. The van der Waals surface area contributed by atoms with Gasteiger partial charge in [0.1, 0.15) is 0 Å². The molecule has 5 nitrogen and oxygen atoms in total. The summed E-state index contributed by atoms with van der Waals surface area (Å²) in [6.45, 7) is 6.11. The molecular formula is C18H28N4O.